The number of aliphatic hydroxyl groups is 2. The SMILES string of the molecule is OCCNc1cc(N2CCN(C3CCCCC3)C(CCO)C2)ncn1. The molecule has 140 valence electrons. The minimum absolute atomic E-state index is 0.0813. The normalized spacial score (nSPS) is 23.0. The molecule has 1 atom stereocenters. The Bertz CT molecular complexity index is 524. The maximum Gasteiger partial charge on any atom is 0.134 e. The van der Waals surface area contributed by atoms with Gasteiger partial charge in [-0.1, -0.05) is 19.3 Å². The first-order valence-corrected chi connectivity index (χ1v) is 9.60. The first-order chi connectivity index (χ1) is 12.3. The fourth-order valence-electron chi connectivity index (χ4n) is 4.18. The summed E-state index contributed by atoms with van der Waals surface area (Å²) in [6.45, 7) is 3.67. The van der Waals surface area contributed by atoms with E-state index in [1.165, 1.54) is 32.1 Å². The van der Waals surface area contributed by atoms with Crippen molar-refractivity contribution >= 4 is 11.6 Å². The molecule has 3 N–H and O–H groups in total. The highest BCUT2D eigenvalue weighted by molar-refractivity contribution is 5.49. The molecule has 1 aliphatic heterocycles. The fourth-order valence-corrected chi connectivity index (χ4v) is 4.18. The van der Waals surface area contributed by atoms with Crippen LogP contribution in [0, 0.1) is 0 Å². The third-order valence-corrected chi connectivity index (χ3v) is 5.43. The van der Waals surface area contributed by atoms with Crippen molar-refractivity contribution in [1.29, 1.82) is 0 Å². The average Bonchev–Trinajstić information content (AvgIpc) is 2.67. The van der Waals surface area contributed by atoms with Gasteiger partial charge in [0.25, 0.3) is 0 Å². The number of anilines is 2. The summed E-state index contributed by atoms with van der Waals surface area (Å²) >= 11 is 0. The summed E-state index contributed by atoms with van der Waals surface area (Å²) in [6, 6.07) is 3.01. The smallest absolute Gasteiger partial charge is 0.134 e. The van der Waals surface area contributed by atoms with Crippen LogP contribution in [0.15, 0.2) is 12.4 Å². The monoisotopic (exact) mass is 349 g/mol. The number of rotatable bonds is 7. The van der Waals surface area contributed by atoms with Crippen LogP contribution >= 0.6 is 0 Å². The summed E-state index contributed by atoms with van der Waals surface area (Å²) in [6.07, 6.45) is 9.02. The number of aromatic nitrogens is 2. The Morgan fingerprint density at radius 3 is 2.68 bits per heavy atom. The highest BCUT2D eigenvalue weighted by Gasteiger charge is 2.32. The van der Waals surface area contributed by atoms with Crippen LogP contribution in [0.5, 0.6) is 0 Å². The van der Waals surface area contributed by atoms with E-state index in [1.54, 1.807) is 6.33 Å². The standard InChI is InChI=1S/C18H31N5O2/c24-10-6-16-13-22(8-9-23(16)15-4-2-1-3-5-15)18-12-17(19-7-11-25)20-14-21-18/h12,14-16,24-25H,1-11,13H2,(H,19,20,21). The third kappa shape index (κ3) is 4.80. The van der Waals surface area contributed by atoms with Crippen molar-refractivity contribution in [2.75, 3.05) is 49.6 Å². The molecule has 1 aromatic heterocycles. The zero-order valence-electron chi connectivity index (χ0n) is 15.0. The van der Waals surface area contributed by atoms with E-state index in [1.807, 2.05) is 6.07 Å². The molecule has 0 bridgehead atoms. The Hall–Kier alpha value is -1.44. The van der Waals surface area contributed by atoms with E-state index in [2.05, 4.69) is 25.1 Å². The topological polar surface area (TPSA) is 84.8 Å². The number of nitrogens with one attached hydrogen (secondary N) is 1. The predicted octanol–water partition coefficient (Wildman–Crippen LogP) is 1.09. The third-order valence-electron chi connectivity index (χ3n) is 5.43. The van der Waals surface area contributed by atoms with Crippen LogP contribution in [-0.4, -0.2) is 76.6 Å². The number of hydrogen-bond acceptors (Lipinski definition) is 7. The first-order valence-electron chi connectivity index (χ1n) is 9.60. The Labute approximate surface area is 150 Å². The zero-order valence-corrected chi connectivity index (χ0v) is 15.0. The molecular formula is C18H31N5O2. The molecule has 1 saturated heterocycles. The van der Waals surface area contributed by atoms with E-state index in [0.29, 0.717) is 18.6 Å². The lowest BCUT2D eigenvalue weighted by Crippen LogP contribution is -2.57. The van der Waals surface area contributed by atoms with Gasteiger partial charge in [0.1, 0.15) is 18.0 Å². The Balaban J connectivity index is 1.66. The van der Waals surface area contributed by atoms with Crippen LogP contribution < -0.4 is 10.2 Å². The Morgan fingerprint density at radius 2 is 1.92 bits per heavy atom. The molecule has 0 radical (unpaired) electrons. The largest absolute Gasteiger partial charge is 0.396 e. The van der Waals surface area contributed by atoms with Crippen molar-refractivity contribution in [3.8, 4) is 0 Å². The van der Waals surface area contributed by atoms with Gasteiger partial charge in [-0.3, -0.25) is 4.90 Å². The van der Waals surface area contributed by atoms with Crippen LogP contribution in [0.2, 0.25) is 0 Å². The molecular weight excluding hydrogens is 318 g/mol. The average molecular weight is 349 g/mol. The lowest BCUT2D eigenvalue weighted by molar-refractivity contribution is 0.0756. The van der Waals surface area contributed by atoms with Gasteiger partial charge in [0.2, 0.25) is 0 Å². The molecule has 2 heterocycles. The Morgan fingerprint density at radius 1 is 1.08 bits per heavy atom. The van der Waals surface area contributed by atoms with Gasteiger partial charge in [-0.05, 0) is 19.3 Å². The summed E-state index contributed by atoms with van der Waals surface area (Å²) in [5.41, 5.74) is 0. The predicted molar refractivity (Wildman–Crippen MR) is 98.9 cm³/mol. The molecule has 1 aromatic rings. The molecule has 2 aliphatic rings. The van der Waals surface area contributed by atoms with Gasteiger partial charge in [-0.25, -0.2) is 9.97 Å². The second kappa shape index (κ2) is 9.31. The highest BCUT2D eigenvalue weighted by atomic mass is 16.3. The van der Waals surface area contributed by atoms with Crippen LogP contribution in [0.3, 0.4) is 0 Å². The second-order valence-electron chi connectivity index (χ2n) is 7.05. The van der Waals surface area contributed by atoms with Crippen molar-refractivity contribution < 1.29 is 10.2 Å². The maximum atomic E-state index is 9.53. The van der Waals surface area contributed by atoms with Crippen LogP contribution in [0.25, 0.3) is 0 Å². The molecule has 1 unspecified atom stereocenters. The molecule has 25 heavy (non-hydrogen) atoms. The maximum absolute atomic E-state index is 9.53. The number of piperazine rings is 1. The van der Waals surface area contributed by atoms with Gasteiger partial charge in [0.05, 0.1) is 6.61 Å². The van der Waals surface area contributed by atoms with E-state index in [9.17, 15) is 5.11 Å². The van der Waals surface area contributed by atoms with Crippen molar-refractivity contribution in [3.63, 3.8) is 0 Å². The number of hydrogen-bond donors (Lipinski definition) is 3. The molecule has 3 rings (SSSR count). The highest BCUT2D eigenvalue weighted by Crippen LogP contribution is 2.28. The number of aliphatic hydroxyl groups excluding tert-OH is 2. The first kappa shape index (κ1) is 18.4. The molecule has 7 heteroatoms. The summed E-state index contributed by atoms with van der Waals surface area (Å²) < 4.78 is 0. The van der Waals surface area contributed by atoms with Gasteiger partial charge < -0.3 is 20.4 Å². The van der Waals surface area contributed by atoms with Crippen molar-refractivity contribution in [1.82, 2.24) is 14.9 Å². The molecule has 7 nitrogen and oxygen atoms in total. The lowest BCUT2D eigenvalue weighted by Gasteiger charge is -2.46. The van der Waals surface area contributed by atoms with Crippen LogP contribution in [-0.2, 0) is 0 Å². The van der Waals surface area contributed by atoms with Gasteiger partial charge in [-0.2, -0.15) is 0 Å². The van der Waals surface area contributed by atoms with Gasteiger partial charge >= 0.3 is 0 Å². The van der Waals surface area contributed by atoms with Crippen molar-refractivity contribution in [3.05, 3.63) is 12.4 Å². The van der Waals surface area contributed by atoms with E-state index in [4.69, 9.17) is 5.11 Å². The molecule has 2 fully saturated rings. The van der Waals surface area contributed by atoms with E-state index in [0.717, 1.165) is 37.7 Å². The molecule has 0 aromatic carbocycles. The van der Waals surface area contributed by atoms with Gasteiger partial charge in [-0.15, -0.1) is 0 Å². The van der Waals surface area contributed by atoms with Crippen molar-refractivity contribution in [2.45, 2.75) is 50.6 Å². The zero-order chi connectivity index (χ0) is 17.5. The molecule has 1 aliphatic carbocycles. The minimum atomic E-state index is 0.0813. The summed E-state index contributed by atoms with van der Waals surface area (Å²) in [4.78, 5) is 13.6. The lowest BCUT2D eigenvalue weighted by atomic mass is 9.92. The van der Waals surface area contributed by atoms with E-state index < -0.39 is 0 Å². The fraction of sp³-hybridized carbons (Fsp3) is 0.778. The van der Waals surface area contributed by atoms with E-state index in [-0.39, 0.29) is 13.2 Å². The van der Waals surface area contributed by atoms with Crippen LogP contribution in [0.4, 0.5) is 11.6 Å². The summed E-state index contributed by atoms with van der Waals surface area (Å²) in [7, 11) is 0. The molecule has 1 saturated carbocycles. The summed E-state index contributed by atoms with van der Waals surface area (Å²) in [5, 5.41) is 21.6. The van der Waals surface area contributed by atoms with Gasteiger partial charge in [0, 0.05) is 50.9 Å². The number of nitrogens with zero attached hydrogens (tertiary/aromatic N) is 4. The Kier molecular flexibility index (Phi) is 6.84. The van der Waals surface area contributed by atoms with E-state index >= 15 is 0 Å². The minimum Gasteiger partial charge on any atom is -0.396 e. The van der Waals surface area contributed by atoms with Crippen LogP contribution in [0.1, 0.15) is 38.5 Å². The molecule has 0 amide bonds. The second-order valence-corrected chi connectivity index (χ2v) is 7.05. The van der Waals surface area contributed by atoms with Gasteiger partial charge in [0.15, 0.2) is 0 Å². The summed E-state index contributed by atoms with van der Waals surface area (Å²) in [5.74, 6) is 1.66. The van der Waals surface area contributed by atoms with Crippen molar-refractivity contribution in [2.24, 2.45) is 0 Å². The quantitative estimate of drug-likeness (QED) is 0.679. The molecule has 0 spiro atoms.